The number of hydrogen-bond donors (Lipinski definition) is 5. The second-order valence-corrected chi connectivity index (χ2v) is 4.11. The Labute approximate surface area is 120 Å². The third-order valence-electron chi connectivity index (χ3n) is 2.33. The van der Waals surface area contributed by atoms with Gasteiger partial charge in [0.2, 0.25) is 5.91 Å². The highest BCUT2D eigenvalue weighted by Gasteiger charge is 2.24. The molecule has 10 nitrogen and oxygen atoms in total. The number of carbonyl (C=O) groups is 4. The van der Waals surface area contributed by atoms with E-state index in [4.69, 9.17) is 14.9 Å². The predicted molar refractivity (Wildman–Crippen MR) is 69.7 cm³/mol. The smallest absolute Gasteiger partial charge is 0.326 e. The fraction of sp³-hybridized carbons (Fsp3) is 0.636. The summed E-state index contributed by atoms with van der Waals surface area (Å²) in [6, 6.07) is -3.44. The molecule has 0 aliphatic rings. The van der Waals surface area contributed by atoms with Gasteiger partial charge in [0, 0.05) is 13.7 Å². The summed E-state index contributed by atoms with van der Waals surface area (Å²) in [7, 11) is 1.47. The number of methoxy groups -OCH3 is 1. The standard InChI is InChI=1S/C11H19N3O7/c1-6(9(17)12-3-4-21-2)13-11(20)14-7(10(18)19)5-8(15)16/h6-7H,3-5H2,1-2H3,(H,12,17)(H,15,16)(H,18,19)(H2,13,14,20)/t6?,7-/m0/s1. The lowest BCUT2D eigenvalue weighted by Crippen LogP contribution is -2.52. The fourth-order valence-corrected chi connectivity index (χ4v) is 1.27. The number of urea groups is 1. The van der Waals surface area contributed by atoms with Gasteiger partial charge in [0.05, 0.1) is 13.0 Å². The zero-order valence-electron chi connectivity index (χ0n) is 11.7. The third-order valence-corrected chi connectivity index (χ3v) is 2.33. The lowest BCUT2D eigenvalue weighted by molar-refractivity contribution is -0.145. The molecule has 5 N–H and O–H groups in total. The number of carbonyl (C=O) groups excluding carboxylic acids is 2. The number of aliphatic carboxylic acids is 2. The molecule has 0 heterocycles. The Morgan fingerprint density at radius 1 is 1.14 bits per heavy atom. The Balaban J connectivity index is 4.29. The van der Waals surface area contributed by atoms with Crippen LogP contribution in [-0.4, -0.2) is 66.4 Å². The van der Waals surface area contributed by atoms with Gasteiger partial charge in [0.25, 0.3) is 0 Å². The monoisotopic (exact) mass is 305 g/mol. The number of nitrogens with one attached hydrogen (secondary N) is 3. The summed E-state index contributed by atoms with van der Waals surface area (Å²) in [4.78, 5) is 44.3. The Hall–Kier alpha value is -2.36. The minimum absolute atomic E-state index is 0.264. The Morgan fingerprint density at radius 3 is 2.24 bits per heavy atom. The first kappa shape index (κ1) is 18.6. The second-order valence-electron chi connectivity index (χ2n) is 4.11. The third kappa shape index (κ3) is 8.42. The molecule has 0 aromatic heterocycles. The van der Waals surface area contributed by atoms with Gasteiger partial charge < -0.3 is 30.9 Å². The predicted octanol–water partition coefficient (Wildman–Crippen LogP) is -1.64. The van der Waals surface area contributed by atoms with E-state index >= 15 is 0 Å². The van der Waals surface area contributed by atoms with Crippen LogP contribution < -0.4 is 16.0 Å². The van der Waals surface area contributed by atoms with Crippen LogP contribution in [0, 0.1) is 0 Å². The van der Waals surface area contributed by atoms with Crippen molar-refractivity contribution in [3.63, 3.8) is 0 Å². The summed E-state index contributed by atoms with van der Waals surface area (Å²) in [5.41, 5.74) is 0. The van der Waals surface area contributed by atoms with E-state index in [-0.39, 0.29) is 6.54 Å². The highest BCUT2D eigenvalue weighted by molar-refractivity contribution is 5.89. The molecule has 0 aromatic carbocycles. The van der Waals surface area contributed by atoms with Crippen LogP contribution >= 0.6 is 0 Å². The number of ether oxygens (including phenoxy) is 1. The van der Waals surface area contributed by atoms with Crippen molar-refractivity contribution in [2.75, 3.05) is 20.3 Å². The molecule has 0 aromatic rings. The minimum Gasteiger partial charge on any atom is -0.481 e. The Kier molecular flexibility index (Phi) is 8.46. The maximum Gasteiger partial charge on any atom is 0.326 e. The van der Waals surface area contributed by atoms with Gasteiger partial charge in [0.1, 0.15) is 12.1 Å². The van der Waals surface area contributed by atoms with Gasteiger partial charge in [-0.1, -0.05) is 0 Å². The van der Waals surface area contributed by atoms with Gasteiger partial charge in [-0.2, -0.15) is 0 Å². The van der Waals surface area contributed by atoms with Gasteiger partial charge in [-0.3, -0.25) is 9.59 Å². The van der Waals surface area contributed by atoms with Gasteiger partial charge in [-0.05, 0) is 6.92 Å². The van der Waals surface area contributed by atoms with Crippen molar-refractivity contribution in [2.24, 2.45) is 0 Å². The van der Waals surface area contributed by atoms with E-state index in [1.54, 1.807) is 0 Å². The topological polar surface area (TPSA) is 154 Å². The Bertz CT molecular complexity index is 399. The van der Waals surface area contributed by atoms with E-state index in [1.807, 2.05) is 5.32 Å². The van der Waals surface area contributed by atoms with Crippen molar-refractivity contribution in [3.8, 4) is 0 Å². The second kappa shape index (κ2) is 9.53. The highest BCUT2D eigenvalue weighted by Crippen LogP contribution is 1.93. The molecule has 21 heavy (non-hydrogen) atoms. The summed E-state index contributed by atoms with van der Waals surface area (Å²) in [6.07, 6.45) is -0.767. The number of carboxylic acids is 2. The van der Waals surface area contributed by atoms with Crippen LogP contribution in [0.15, 0.2) is 0 Å². The SMILES string of the molecule is COCCNC(=O)C(C)NC(=O)N[C@@H](CC(=O)O)C(=O)O. The highest BCUT2D eigenvalue weighted by atomic mass is 16.5. The molecular formula is C11H19N3O7. The van der Waals surface area contributed by atoms with Crippen LogP contribution in [0.4, 0.5) is 4.79 Å². The van der Waals surface area contributed by atoms with Crippen molar-refractivity contribution in [2.45, 2.75) is 25.4 Å². The molecule has 0 aliphatic carbocycles. The van der Waals surface area contributed by atoms with Crippen LogP contribution in [0.5, 0.6) is 0 Å². The van der Waals surface area contributed by atoms with E-state index in [2.05, 4.69) is 10.6 Å². The summed E-state index contributed by atoms with van der Waals surface area (Å²) in [6.45, 7) is 1.97. The lowest BCUT2D eigenvalue weighted by Gasteiger charge is -2.17. The minimum atomic E-state index is -1.58. The van der Waals surface area contributed by atoms with Crippen molar-refractivity contribution < 1.29 is 34.1 Å². The van der Waals surface area contributed by atoms with Gasteiger partial charge >= 0.3 is 18.0 Å². The first-order chi connectivity index (χ1) is 9.77. The van der Waals surface area contributed by atoms with Gasteiger partial charge in [-0.25, -0.2) is 9.59 Å². The molecule has 3 amide bonds. The summed E-state index contributed by atoms with van der Waals surface area (Å²) >= 11 is 0. The van der Waals surface area contributed by atoms with Crippen molar-refractivity contribution >= 4 is 23.9 Å². The molecule has 10 heteroatoms. The van der Waals surface area contributed by atoms with E-state index in [0.29, 0.717) is 6.61 Å². The molecule has 0 rings (SSSR count). The molecule has 0 radical (unpaired) electrons. The van der Waals surface area contributed by atoms with Crippen molar-refractivity contribution in [1.29, 1.82) is 0 Å². The van der Waals surface area contributed by atoms with Gasteiger partial charge in [-0.15, -0.1) is 0 Å². The number of hydrogen-bond acceptors (Lipinski definition) is 5. The maximum absolute atomic E-state index is 11.5. The van der Waals surface area contributed by atoms with Crippen LogP contribution in [0.25, 0.3) is 0 Å². The first-order valence-electron chi connectivity index (χ1n) is 6.06. The number of rotatable bonds is 9. The molecular weight excluding hydrogens is 286 g/mol. The molecule has 0 fully saturated rings. The van der Waals surface area contributed by atoms with Crippen LogP contribution in [0.1, 0.15) is 13.3 Å². The quantitative estimate of drug-likeness (QED) is 0.320. The van der Waals surface area contributed by atoms with E-state index in [9.17, 15) is 19.2 Å². The summed E-state index contributed by atoms with van der Waals surface area (Å²) in [5.74, 6) is -3.33. The number of amides is 3. The molecule has 1 unspecified atom stereocenters. The lowest BCUT2D eigenvalue weighted by atomic mass is 10.2. The van der Waals surface area contributed by atoms with Crippen molar-refractivity contribution in [1.82, 2.24) is 16.0 Å². The average molecular weight is 305 g/mol. The fourth-order valence-electron chi connectivity index (χ4n) is 1.27. The van der Waals surface area contributed by atoms with E-state index in [0.717, 1.165) is 0 Å². The van der Waals surface area contributed by atoms with Crippen LogP contribution in [-0.2, 0) is 19.1 Å². The normalized spacial score (nSPS) is 12.9. The molecule has 120 valence electrons. The largest absolute Gasteiger partial charge is 0.481 e. The van der Waals surface area contributed by atoms with Gasteiger partial charge in [0.15, 0.2) is 0 Å². The van der Waals surface area contributed by atoms with Crippen LogP contribution in [0.2, 0.25) is 0 Å². The average Bonchev–Trinajstić information content (AvgIpc) is 2.37. The summed E-state index contributed by atoms with van der Waals surface area (Å²) < 4.78 is 4.73. The maximum atomic E-state index is 11.5. The van der Waals surface area contributed by atoms with E-state index in [1.165, 1.54) is 14.0 Å². The molecule has 0 saturated carbocycles. The summed E-state index contributed by atoms with van der Waals surface area (Å²) in [5, 5.41) is 23.9. The molecule has 0 aliphatic heterocycles. The molecule has 0 spiro atoms. The zero-order chi connectivity index (χ0) is 16.4. The van der Waals surface area contributed by atoms with Crippen molar-refractivity contribution in [3.05, 3.63) is 0 Å². The Morgan fingerprint density at radius 2 is 1.76 bits per heavy atom. The molecule has 2 atom stereocenters. The molecule has 0 saturated heterocycles. The zero-order valence-corrected chi connectivity index (χ0v) is 11.7. The number of carboxylic acid groups (broad SMARTS) is 2. The molecule has 0 bridgehead atoms. The van der Waals surface area contributed by atoms with Crippen LogP contribution in [0.3, 0.4) is 0 Å². The first-order valence-corrected chi connectivity index (χ1v) is 6.06. The van der Waals surface area contributed by atoms with E-state index < -0.39 is 42.4 Å².